The average Bonchev–Trinajstić information content (AvgIpc) is 3.29. The van der Waals surface area contributed by atoms with Crippen LogP contribution in [0.15, 0.2) is 91.1 Å². The molecule has 0 aliphatic heterocycles. The Balaban J connectivity index is 1.53. The number of amides is 2. The molecule has 0 saturated carbocycles. The van der Waals surface area contributed by atoms with Crippen LogP contribution in [-0.4, -0.2) is 35.0 Å². The molecule has 0 aliphatic carbocycles. The van der Waals surface area contributed by atoms with Gasteiger partial charge in [0.05, 0.1) is 6.04 Å². The smallest absolute Gasteiger partial charge is 0.410 e. The fourth-order valence-corrected chi connectivity index (χ4v) is 4.00. The van der Waals surface area contributed by atoms with Crippen LogP contribution in [0.1, 0.15) is 29.7 Å². The van der Waals surface area contributed by atoms with Gasteiger partial charge in [-0.1, -0.05) is 78.9 Å². The Hall–Kier alpha value is -4.06. The van der Waals surface area contributed by atoms with Crippen LogP contribution in [0.2, 0.25) is 0 Å². The van der Waals surface area contributed by atoms with Gasteiger partial charge in [0, 0.05) is 30.6 Å². The molecule has 3 aromatic carbocycles. The highest BCUT2D eigenvalue weighted by Crippen LogP contribution is 2.21. The van der Waals surface area contributed by atoms with E-state index < -0.39 is 12.1 Å². The van der Waals surface area contributed by atoms with Gasteiger partial charge in [-0.25, -0.2) is 4.79 Å². The third kappa shape index (κ3) is 5.46. The predicted octanol–water partition coefficient (Wildman–Crippen LogP) is 5.23. The maximum atomic E-state index is 13.4. The van der Waals surface area contributed by atoms with Crippen molar-refractivity contribution in [2.75, 3.05) is 7.05 Å². The lowest BCUT2D eigenvalue weighted by molar-refractivity contribution is -0.126. The molecular weight excluding hydrogens is 426 g/mol. The van der Waals surface area contributed by atoms with E-state index in [9.17, 15) is 9.59 Å². The van der Waals surface area contributed by atoms with Crippen molar-refractivity contribution in [1.29, 1.82) is 0 Å². The first kappa shape index (κ1) is 23.1. The quantitative estimate of drug-likeness (QED) is 0.382. The topological polar surface area (TPSA) is 74.4 Å². The molecule has 0 bridgehead atoms. The Morgan fingerprint density at radius 2 is 1.59 bits per heavy atom. The lowest BCUT2D eigenvalue weighted by Crippen LogP contribution is -2.49. The first-order chi connectivity index (χ1) is 16.5. The summed E-state index contributed by atoms with van der Waals surface area (Å²) in [6.45, 7) is 2.08. The van der Waals surface area contributed by atoms with Crippen molar-refractivity contribution in [3.8, 4) is 0 Å². The number of ether oxygens (including phenoxy) is 1. The maximum Gasteiger partial charge on any atom is 0.410 e. The summed E-state index contributed by atoms with van der Waals surface area (Å²) in [6, 6.07) is 26.2. The summed E-state index contributed by atoms with van der Waals surface area (Å²) in [5.41, 5.74) is 3.84. The first-order valence-electron chi connectivity index (χ1n) is 11.4. The Kier molecular flexibility index (Phi) is 7.28. The number of para-hydroxylation sites is 1. The number of aromatic amines is 1. The van der Waals surface area contributed by atoms with Crippen LogP contribution < -0.4 is 5.32 Å². The van der Waals surface area contributed by atoms with Crippen LogP contribution in [0, 0.1) is 0 Å². The first-order valence-corrected chi connectivity index (χ1v) is 11.4. The largest absolute Gasteiger partial charge is 0.445 e. The van der Waals surface area contributed by atoms with Gasteiger partial charge in [0.25, 0.3) is 0 Å². The normalized spacial score (nSPS) is 12.6. The molecular formula is C28H29N3O3. The standard InChI is InChI=1S/C28H29N3O3/c1-20(22-13-7-4-8-14-22)30-27(32)26(17-23-18-29-25-16-10-9-15-24(23)25)31(2)28(33)34-19-21-11-5-3-6-12-21/h3-16,18,20,26,29H,17,19H2,1-2H3,(H,30,32). The minimum absolute atomic E-state index is 0.145. The van der Waals surface area contributed by atoms with Crippen LogP contribution in [-0.2, 0) is 22.6 Å². The van der Waals surface area contributed by atoms with Crippen LogP contribution >= 0.6 is 0 Å². The van der Waals surface area contributed by atoms with Crippen molar-refractivity contribution in [1.82, 2.24) is 15.2 Å². The van der Waals surface area contributed by atoms with Crippen LogP contribution in [0.25, 0.3) is 10.9 Å². The third-order valence-corrected chi connectivity index (χ3v) is 6.01. The average molecular weight is 456 g/mol. The number of likely N-dealkylation sites (N-methyl/N-ethyl adjacent to an activating group) is 1. The van der Waals surface area contributed by atoms with Gasteiger partial charge in [-0.05, 0) is 29.7 Å². The number of aromatic nitrogens is 1. The molecule has 0 fully saturated rings. The second-order valence-corrected chi connectivity index (χ2v) is 8.37. The van der Waals surface area contributed by atoms with Gasteiger partial charge >= 0.3 is 6.09 Å². The summed E-state index contributed by atoms with van der Waals surface area (Å²) < 4.78 is 5.52. The molecule has 6 heteroatoms. The van der Waals surface area contributed by atoms with Gasteiger partial charge in [0.2, 0.25) is 5.91 Å². The predicted molar refractivity (Wildman–Crippen MR) is 133 cm³/mol. The van der Waals surface area contributed by atoms with Gasteiger partial charge in [0.15, 0.2) is 0 Å². The number of benzene rings is 3. The van der Waals surface area contributed by atoms with Crippen molar-refractivity contribution >= 4 is 22.9 Å². The van der Waals surface area contributed by atoms with Crippen molar-refractivity contribution in [2.24, 2.45) is 0 Å². The highest BCUT2D eigenvalue weighted by atomic mass is 16.6. The number of fused-ring (bicyclic) bond motifs is 1. The maximum absolute atomic E-state index is 13.4. The molecule has 34 heavy (non-hydrogen) atoms. The number of nitrogens with one attached hydrogen (secondary N) is 2. The molecule has 1 heterocycles. The summed E-state index contributed by atoms with van der Waals surface area (Å²) in [5, 5.41) is 4.10. The van der Waals surface area contributed by atoms with E-state index in [0.717, 1.165) is 27.6 Å². The van der Waals surface area contributed by atoms with Gasteiger partial charge in [-0.2, -0.15) is 0 Å². The Morgan fingerprint density at radius 3 is 2.32 bits per heavy atom. The Bertz CT molecular complexity index is 1240. The van der Waals surface area contributed by atoms with Gasteiger partial charge in [-0.15, -0.1) is 0 Å². The molecule has 0 aliphatic rings. The highest BCUT2D eigenvalue weighted by Gasteiger charge is 2.30. The Morgan fingerprint density at radius 1 is 0.941 bits per heavy atom. The van der Waals surface area contributed by atoms with Crippen molar-refractivity contribution in [3.63, 3.8) is 0 Å². The third-order valence-electron chi connectivity index (χ3n) is 6.01. The second kappa shape index (κ2) is 10.7. The molecule has 0 radical (unpaired) electrons. The number of rotatable bonds is 8. The molecule has 6 nitrogen and oxygen atoms in total. The molecule has 0 spiro atoms. The summed E-state index contributed by atoms with van der Waals surface area (Å²) in [4.78, 5) is 31.0. The SMILES string of the molecule is CC(NC(=O)C(Cc1c[nH]c2ccccc12)N(C)C(=O)OCc1ccccc1)c1ccccc1. The summed E-state index contributed by atoms with van der Waals surface area (Å²) in [7, 11) is 1.61. The monoisotopic (exact) mass is 455 g/mol. The molecule has 2 N–H and O–H groups in total. The van der Waals surface area contributed by atoms with E-state index in [1.165, 1.54) is 4.90 Å². The molecule has 0 saturated heterocycles. The molecule has 4 aromatic rings. The fraction of sp³-hybridized carbons (Fsp3) is 0.214. The number of carbonyl (C=O) groups excluding carboxylic acids is 2. The molecule has 2 amide bonds. The minimum Gasteiger partial charge on any atom is -0.445 e. The van der Waals surface area contributed by atoms with E-state index in [1.807, 2.05) is 98.0 Å². The number of nitrogens with zero attached hydrogens (tertiary/aromatic N) is 1. The number of carbonyl (C=O) groups is 2. The van der Waals surface area contributed by atoms with E-state index in [0.29, 0.717) is 6.42 Å². The van der Waals surface area contributed by atoms with Crippen LogP contribution in [0.4, 0.5) is 4.79 Å². The molecule has 174 valence electrons. The molecule has 2 unspecified atom stereocenters. The van der Waals surface area contributed by atoms with Crippen molar-refractivity contribution in [3.05, 3.63) is 108 Å². The van der Waals surface area contributed by atoms with Crippen LogP contribution in [0.3, 0.4) is 0 Å². The van der Waals surface area contributed by atoms with E-state index >= 15 is 0 Å². The number of H-pyrrole nitrogens is 1. The van der Waals surface area contributed by atoms with Gasteiger partial charge < -0.3 is 15.0 Å². The number of hydrogen-bond donors (Lipinski definition) is 2. The van der Waals surface area contributed by atoms with Gasteiger partial charge in [-0.3, -0.25) is 9.69 Å². The number of hydrogen-bond acceptors (Lipinski definition) is 3. The van der Waals surface area contributed by atoms with E-state index in [4.69, 9.17) is 4.74 Å². The zero-order chi connectivity index (χ0) is 23.9. The van der Waals surface area contributed by atoms with E-state index in [2.05, 4.69) is 10.3 Å². The van der Waals surface area contributed by atoms with Crippen LogP contribution in [0.5, 0.6) is 0 Å². The molecule has 2 atom stereocenters. The van der Waals surface area contributed by atoms with Crippen molar-refractivity contribution < 1.29 is 14.3 Å². The van der Waals surface area contributed by atoms with E-state index in [-0.39, 0.29) is 18.6 Å². The summed E-state index contributed by atoms with van der Waals surface area (Å²) in [6.07, 6.45) is 1.71. The fourth-order valence-electron chi connectivity index (χ4n) is 4.00. The second-order valence-electron chi connectivity index (χ2n) is 8.37. The summed E-state index contributed by atoms with van der Waals surface area (Å²) >= 11 is 0. The summed E-state index contributed by atoms with van der Waals surface area (Å²) in [5.74, 6) is -0.235. The lowest BCUT2D eigenvalue weighted by Gasteiger charge is -2.28. The zero-order valence-corrected chi connectivity index (χ0v) is 19.4. The lowest BCUT2D eigenvalue weighted by atomic mass is 10.0. The molecule has 4 rings (SSSR count). The van der Waals surface area contributed by atoms with Crippen molar-refractivity contribution in [2.45, 2.75) is 32.0 Å². The molecule has 1 aromatic heterocycles. The highest BCUT2D eigenvalue weighted by molar-refractivity contribution is 5.88. The minimum atomic E-state index is -0.742. The van der Waals surface area contributed by atoms with Gasteiger partial charge in [0.1, 0.15) is 12.6 Å². The zero-order valence-electron chi connectivity index (χ0n) is 19.4. The Labute approximate surface area is 199 Å². The van der Waals surface area contributed by atoms with E-state index in [1.54, 1.807) is 7.05 Å².